The summed E-state index contributed by atoms with van der Waals surface area (Å²) in [6.07, 6.45) is 9.12. The summed E-state index contributed by atoms with van der Waals surface area (Å²) in [7, 11) is 0. The molecule has 2 bridgehead atoms. The van der Waals surface area contributed by atoms with Crippen LogP contribution in [-0.2, 0) is 0 Å². The molecule has 6 atom stereocenters. The molecule has 3 unspecified atom stereocenters. The van der Waals surface area contributed by atoms with Crippen LogP contribution in [0.4, 0.5) is 0 Å². The van der Waals surface area contributed by atoms with Gasteiger partial charge in [0.1, 0.15) is 0 Å². The van der Waals surface area contributed by atoms with Crippen LogP contribution in [0, 0.1) is 34.5 Å². The Morgan fingerprint density at radius 2 is 1.84 bits per heavy atom. The number of fused-ring (bicyclic) bond motifs is 2. The van der Waals surface area contributed by atoms with Crippen LogP contribution >= 0.6 is 0 Å². The van der Waals surface area contributed by atoms with Gasteiger partial charge in [-0.05, 0) is 66.6 Å². The van der Waals surface area contributed by atoms with Gasteiger partial charge in [-0.2, -0.15) is 0 Å². The molecule has 3 aliphatic carbocycles. The highest BCUT2D eigenvalue weighted by Gasteiger charge is 2.63. The smallest absolute Gasteiger partial charge is 0.0573 e. The van der Waals surface area contributed by atoms with Crippen molar-refractivity contribution in [3.8, 4) is 0 Å². The van der Waals surface area contributed by atoms with E-state index in [1.807, 2.05) is 0 Å². The van der Waals surface area contributed by atoms with Gasteiger partial charge in [0.2, 0.25) is 0 Å². The lowest BCUT2D eigenvalue weighted by atomic mass is 9.58. The largest absolute Gasteiger partial charge is 0.393 e. The van der Waals surface area contributed by atoms with Crippen molar-refractivity contribution in [2.45, 2.75) is 78.7 Å². The minimum absolute atomic E-state index is 0.0179. The van der Waals surface area contributed by atoms with Gasteiger partial charge in [0.05, 0.1) is 6.10 Å². The third kappa shape index (κ3) is 1.76. The molecule has 3 aliphatic rings. The molecule has 1 nitrogen and oxygen atoms in total. The van der Waals surface area contributed by atoms with Crippen molar-refractivity contribution >= 4 is 0 Å². The Kier molecular flexibility index (Phi) is 3.28. The van der Waals surface area contributed by atoms with Crippen LogP contribution in [-0.4, -0.2) is 11.2 Å². The van der Waals surface area contributed by atoms with Gasteiger partial charge < -0.3 is 5.11 Å². The molecule has 0 aromatic heterocycles. The summed E-state index contributed by atoms with van der Waals surface area (Å²) in [6, 6.07) is 0. The van der Waals surface area contributed by atoms with Crippen molar-refractivity contribution < 1.29 is 5.11 Å². The lowest BCUT2D eigenvalue weighted by Gasteiger charge is -2.48. The van der Waals surface area contributed by atoms with E-state index in [9.17, 15) is 5.11 Å². The second-order valence-electron chi connectivity index (χ2n) is 8.46. The Hall–Kier alpha value is -0.0400. The highest BCUT2D eigenvalue weighted by atomic mass is 16.3. The molecule has 0 saturated heterocycles. The third-order valence-corrected chi connectivity index (χ3v) is 7.91. The summed E-state index contributed by atoms with van der Waals surface area (Å²) < 4.78 is 0. The SMILES string of the molecule is CCC1CCCC(O)C1[C@H]1C[C@@H]2CC[C@@]1(C)C2(C)C. The van der Waals surface area contributed by atoms with Gasteiger partial charge >= 0.3 is 0 Å². The lowest BCUT2D eigenvalue weighted by molar-refractivity contribution is -0.0515. The topological polar surface area (TPSA) is 20.2 Å². The fourth-order valence-corrected chi connectivity index (χ4v) is 6.21. The Labute approximate surface area is 119 Å². The lowest BCUT2D eigenvalue weighted by Crippen LogP contribution is -2.44. The zero-order valence-corrected chi connectivity index (χ0v) is 13.3. The molecule has 0 aliphatic heterocycles. The van der Waals surface area contributed by atoms with E-state index in [1.54, 1.807) is 0 Å². The minimum Gasteiger partial charge on any atom is -0.393 e. The first-order valence-corrected chi connectivity index (χ1v) is 8.60. The van der Waals surface area contributed by atoms with Crippen LogP contribution in [0.3, 0.4) is 0 Å². The molecule has 3 fully saturated rings. The predicted octanol–water partition coefficient (Wildman–Crippen LogP) is 4.64. The van der Waals surface area contributed by atoms with Gasteiger partial charge in [-0.15, -0.1) is 0 Å². The van der Waals surface area contributed by atoms with E-state index in [1.165, 1.54) is 38.5 Å². The average molecular weight is 264 g/mol. The zero-order chi connectivity index (χ0) is 13.8. The number of rotatable bonds is 2. The number of aliphatic hydroxyl groups excluding tert-OH is 1. The Balaban J connectivity index is 1.90. The molecule has 0 radical (unpaired) electrons. The second-order valence-corrected chi connectivity index (χ2v) is 8.46. The summed E-state index contributed by atoms with van der Waals surface area (Å²) in [5, 5.41) is 10.6. The number of hydrogen-bond donors (Lipinski definition) is 1. The maximum atomic E-state index is 10.6. The van der Waals surface area contributed by atoms with Crippen LogP contribution in [0.2, 0.25) is 0 Å². The molecule has 3 saturated carbocycles. The van der Waals surface area contributed by atoms with Gasteiger partial charge in [-0.3, -0.25) is 0 Å². The van der Waals surface area contributed by atoms with E-state index in [2.05, 4.69) is 27.7 Å². The highest BCUT2D eigenvalue weighted by Crippen LogP contribution is 2.70. The molecule has 0 aromatic rings. The predicted molar refractivity (Wildman–Crippen MR) is 79.8 cm³/mol. The standard InChI is InChI=1S/C18H32O/c1-5-12-7-6-8-15(19)16(12)14-11-13-9-10-18(14,4)17(13,2)3/h12-16,19H,5-11H2,1-4H3/t12?,13-,14+,15?,16?,18+/m0/s1. The number of aliphatic hydroxyl groups is 1. The third-order valence-electron chi connectivity index (χ3n) is 7.91. The van der Waals surface area contributed by atoms with E-state index in [4.69, 9.17) is 0 Å². The molecular formula is C18H32O. The summed E-state index contributed by atoms with van der Waals surface area (Å²) in [6.45, 7) is 9.87. The molecular weight excluding hydrogens is 232 g/mol. The second kappa shape index (κ2) is 4.48. The maximum absolute atomic E-state index is 10.6. The molecule has 0 spiro atoms. The van der Waals surface area contributed by atoms with Crippen molar-refractivity contribution in [1.29, 1.82) is 0 Å². The average Bonchev–Trinajstić information content (AvgIpc) is 2.71. The van der Waals surface area contributed by atoms with Gasteiger partial charge in [-0.25, -0.2) is 0 Å². The normalized spacial score (nSPS) is 52.6. The van der Waals surface area contributed by atoms with Crippen molar-refractivity contribution in [3.63, 3.8) is 0 Å². The van der Waals surface area contributed by atoms with E-state index in [0.717, 1.165) is 24.2 Å². The number of hydrogen-bond acceptors (Lipinski definition) is 1. The monoisotopic (exact) mass is 264 g/mol. The van der Waals surface area contributed by atoms with Gasteiger partial charge in [-0.1, -0.05) is 40.5 Å². The van der Waals surface area contributed by atoms with E-state index in [0.29, 0.717) is 16.7 Å². The molecule has 0 amide bonds. The Bertz CT molecular complexity index is 348. The van der Waals surface area contributed by atoms with Crippen LogP contribution in [0.25, 0.3) is 0 Å². The first-order valence-electron chi connectivity index (χ1n) is 8.60. The van der Waals surface area contributed by atoms with Crippen molar-refractivity contribution in [3.05, 3.63) is 0 Å². The molecule has 110 valence electrons. The highest BCUT2D eigenvalue weighted by molar-refractivity contribution is 5.12. The van der Waals surface area contributed by atoms with Gasteiger partial charge in [0.25, 0.3) is 0 Å². The van der Waals surface area contributed by atoms with Crippen molar-refractivity contribution in [2.24, 2.45) is 34.5 Å². The van der Waals surface area contributed by atoms with Crippen molar-refractivity contribution in [1.82, 2.24) is 0 Å². The Morgan fingerprint density at radius 1 is 1.11 bits per heavy atom. The van der Waals surface area contributed by atoms with E-state index < -0.39 is 0 Å². The van der Waals surface area contributed by atoms with Gasteiger partial charge in [0, 0.05) is 0 Å². The van der Waals surface area contributed by atoms with Crippen LogP contribution < -0.4 is 0 Å². The first-order chi connectivity index (χ1) is 8.91. The summed E-state index contributed by atoms with van der Waals surface area (Å²) >= 11 is 0. The van der Waals surface area contributed by atoms with Crippen LogP contribution in [0.1, 0.15) is 72.6 Å². The van der Waals surface area contributed by atoms with E-state index >= 15 is 0 Å². The molecule has 19 heavy (non-hydrogen) atoms. The van der Waals surface area contributed by atoms with Crippen LogP contribution in [0.5, 0.6) is 0 Å². The van der Waals surface area contributed by atoms with E-state index in [-0.39, 0.29) is 6.10 Å². The Morgan fingerprint density at radius 3 is 2.37 bits per heavy atom. The summed E-state index contributed by atoms with van der Waals surface area (Å²) in [5.74, 6) is 3.06. The molecule has 3 rings (SSSR count). The summed E-state index contributed by atoms with van der Waals surface area (Å²) in [5.41, 5.74) is 0.973. The molecule has 0 aromatic carbocycles. The van der Waals surface area contributed by atoms with Crippen LogP contribution in [0.15, 0.2) is 0 Å². The molecule has 0 heterocycles. The van der Waals surface area contributed by atoms with Crippen molar-refractivity contribution in [2.75, 3.05) is 0 Å². The van der Waals surface area contributed by atoms with Gasteiger partial charge in [0.15, 0.2) is 0 Å². The minimum atomic E-state index is -0.0179. The molecule has 1 heteroatoms. The fraction of sp³-hybridized carbons (Fsp3) is 1.00. The zero-order valence-electron chi connectivity index (χ0n) is 13.3. The molecule has 1 N–H and O–H groups in total. The quantitative estimate of drug-likeness (QED) is 0.770. The fourth-order valence-electron chi connectivity index (χ4n) is 6.21. The first kappa shape index (κ1) is 13.9. The summed E-state index contributed by atoms with van der Waals surface area (Å²) in [4.78, 5) is 0. The maximum Gasteiger partial charge on any atom is 0.0573 e.